The van der Waals surface area contributed by atoms with Crippen molar-refractivity contribution in [1.82, 2.24) is 5.32 Å². The summed E-state index contributed by atoms with van der Waals surface area (Å²) in [6, 6.07) is 0. The standard InChI is InChI=1S/C24H39NO11S/c1-6-7-8-9-10-11-12-25-20(30)14-37-36-24-23(34-18(5)29)22(33-17(4)28)21(32-16(3)27)19(35-24)13-31-15(2)26/h19,21-24H,6-14H2,1-5H3,(H,25,30)/t19-,21-,22+,23-,24+/m1/s1. The number of unbranched alkanes of at least 4 members (excludes halogenated alkanes) is 5. The predicted molar refractivity (Wildman–Crippen MR) is 132 cm³/mol. The van der Waals surface area contributed by atoms with Crippen LogP contribution in [0, 0.1) is 0 Å². The Morgan fingerprint density at radius 2 is 1.32 bits per heavy atom. The van der Waals surface area contributed by atoms with Gasteiger partial charge in [-0.1, -0.05) is 39.0 Å². The Morgan fingerprint density at radius 3 is 1.92 bits per heavy atom. The predicted octanol–water partition coefficient (Wildman–Crippen LogP) is 2.21. The Hall–Kier alpha value is -2.38. The van der Waals surface area contributed by atoms with Crippen LogP contribution in [0.2, 0.25) is 0 Å². The zero-order valence-electron chi connectivity index (χ0n) is 22.1. The van der Waals surface area contributed by atoms with Gasteiger partial charge in [0.25, 0.3) is 0 Å². The molecule has 1 fully saturated rings. The molecule has 1 heterocycles. The second kappa shape index (κ2) is 18.0. The van der Waals surface area contributed by atoms with Crippen molar-refractivity contribution < 1.29 is 51.8 Å². The van der Waals surface area contributed by atoms with Crippen molar-refractivity contribution in [2.75, 3.05) is 18.9 Å². The van der Waals surface area contributed by atoms with Crippen molar-refractivity contribution >= 4 is 41.8 Å². The van der Waals surface area contributed by atoms with Gasteiger partial charge in [-0.05, 0) is 6.42 Å². The summed E-state index contributed by atoms with van der Waals surface area (Å²) in [5.41, 5.74) is 0. The van der Waals surface area contributed by atoms with Gasteiger partial charge in [0.15, 0.2) is 18.3 Å². The topological polar surface area (TPSA) is 153 Å². The third-order valence-electron chi connectivity index (χ3n) is 5.15. The molecule has 0 aliphatic carbocycles. The second-order valence-electron chi connectivity index (χ2n) is 8.54. The highest BCUT2D eigenvalue weighted by atomic mass is 32.2. The van der Waals surface area contributed by atoms with E-state index in [2.05, 4.69) is 12.2 Å². The van der Waals surface area contributed by atoms with E-state index in [0.717, 1.165) is 52.1 Å². The highest BCUT2D eigenvalue weighted by Crippen LogP contribution is 2.31. The molecule has 37 heavy (non-hydrogen) atoms. The monoisotopic (exact) mass is 549 g/mol. The second-order valence-corrected chi connectivity index (χ2v) is 9.26. The van der Waals surface area contributed by atoms with Gasteiger partial charge in [-0.3, -0.25) is 28.2 Å². The van der Waals surface area contributed by atoms with E-state index in [1.54, 1.807) is 0 Å². The summed E-state index contributed by atoms with van der Waals surface area (Å²) in [6.45, 7) is 6.92. The third kappa shape index (κ3) is 13.7. The number of ether oxygens (including phenoxy) is 5. The molecule has 0 unspecified atom stereocenters. The van der Waals surface area contributed by atoms with Crippen molar-refractivity contribution in [2.45, 2.75) is 104 Å². The Bertz CT molecular complexity index is 763. The van der Waals surface area contributed by atoms with Gasteiger partial charge in [0, 0.05) is 46.3 Å². The zero-order chi connectivity index (χ0) is 27.8. The van der Waals surface area contributed by atoms with Gasteiger partial charge >= 0.3 is 23.9 Å². The zero-order valence-corrected chi connectivity index (χ0v) is 23.0. The molecule has 1 rings (SSSR count). The van der Waals surface area contributed by atoms with E-state index < -0.39 is 54.6 Å². The molecular weight excluding hydrogens is 510 g/mol. The fourth-order valence-corrected chi connectivity index (χ4v) is 4.17. The summed E-state index contributed by atoms with van der Waals surface area (Å²) in [7, 11) is 0. The minimum absolute atomic E-state index is 0.0806. The van der Waals surface area contributed by atoms with E-state index in [0.29, 0.717) is 6.54 Å². The number of amides is 1. The van der Waals surface area contributed by atoms with Crippen LogP contribution in [0.25, 0.3) is 0 Å². The van der Waals surface area contributed by atoms with Crippen LogP contribution in [0.3, 0.4) is 0 Å². The highest BCUT2D eigenvalue weighted by molar-refractivity contribution is 7.95. The van der Waals surface area contributed by atoms with E-state index in [1.807, 2.05) is 0 Å². The first-order valence-corrected chi connectivity index (χ1v) is 13.3. The Morgan fingerprint density at radius 1 is 0.757 bits per heavy atom. The van der Waals surface area contributed by atoms with Crippen LogP contribution < -0.4 is 5.32 Å². The van der Waals surface area contributed by atoms with Crippen molar-refractivity contribution in [1.29, 1.82) is 0 Å². The molecule has 13 heteroatoms. The molecule has 1 aliphatic rings. The van der Waals surface area contributed by atoms with E-state index in [1.165, 1.54) is 26.2 Å². The van der Waals surface area contributed by atoms with Gasteiger partial charge in [-0.15, -0.1) is 0 Å². The average Bonchev–Trinajstić information content (AvgIpc) is 2.80. The van der Waals surface area contributed by atoms with Gasteiger partial charge in [-0.2, -0.15) is 0 Å². The first-order valence-electron chi connectivity index (χ1n) is 12.4. The van der Waals surface area contributed by atoms with Gasteiger partial charge < -0.3 is 29.0 Å². The fourth-order valence-electron chi connectivity index (χ4n) is 3.60. The van der Waals surface area contributed by atoms with Crippen LogP contribution in [0.1, 0.15) is 73.1 Å². The summed E-state index contributed by atoms with van der Waals surface area (Å²) in [5.74, 6) is -3.16. The molecule has 0 aromatic carbocycles. The fraction of sp³-hybridized carbons (Fsp3) is 0.792. The van der Waals surface area contributed by atoms with Crippen molar-refractivity contribution in [3.63, 3.8) is 0 Å². The van der Waals surface area contributed by atoms with Crippen LogP contribution in [-0.4, -0.2) is 79.4 Å². The molecular formula is C24H39NO11S. The number of carbonyl (C=O) groups is 5. The van der Waals surface area contributed by atoms with E-state index in [9.17, 15) is 24.0 Å². The van der Waals surface area contributed by atoms with Crippen LogP contribution in [-0.2, 0) is 51.8 Å². The van der Waals surface area contributed by atoms with Crippen LogP contribution in [0.15, 0.2) is 0 Å². The number of hydrogen-bond donors (Lipinski definition) is 1. The normalized spacial score (nSPS) is 23.0. The van der Waals surface area contributed by atoms with Crippen molar-refractivity contribution in [3.8, 4) is 0 Å². The Balaban J connectivity index is 2.85. The molecule has 0 aromatic rings. The van der Waals surface area contributed by atoms with Crippen molar-refractivity contribution in [3.05, 3.63) is 0 Å². The van der Waals surface area contributed by atoms with E-state index in [-0.39, 0.29) is 18.3 Å². The van der Waals surface area contributed by atoms with Crippen LogP contribution in [0.4, 0.5) is 0 Å². The van der Waals surface area contributed by atoms with E-state index >= 15 is 0 Å². The molecule has 0 aromatic heterocycles. The minimum atomic E-state index is -1.34. The highest BCUT2D eigenvalue weighted by Gasteiger charge is 2.53. The van der Waals surface area contributed by atoms with Gasteiger partial charge in [0.1, 0.15) is 12.7 Å². The largest absolute Gasteiger partial charge is 0.463 e. The SMILES string of the molecule is CCCCCCCCNC(=O)CSO[C@@H]1O[C@H](COC(C)=O)[C@@H](OC(C)=O)[C@H](OC(C)=O)[C@H]1OC(C)=O. The molecule has 0 saturated carbocycles. The van der Waals surface area contributed by atoms with E-state index in [4.69, 9.17) is 27.9 Å². The maximum atomic E-state index is 12.2. The molecule has 5 atom stereocenters. The summed E-state index contributed by atoms with van der Waals surface area (Å²) >= 11 is 0.752. The lowest BCUT2D eigenvalue weighted by Crippen LogP contribution is -2.62. The third-order valence-corrected chi connectivity index (χ3v) is 5.86. The quantitative estimate of drug-likeness (QED) is 0.130. The number of hydrogen-bond acceptors (Lipinski definition) is 12. The first kappa shape index (κ1) is 32.6. The van der Waals surface area contributed by atoms with Gasteiger partial charge in [0.2, 0.25) is 12.2 Å². The minimum Gasteiger partial charge on any atom is -0.463 e. The lowest BCUT2D eigenvalue weighted by atomic mass is 9.98. The molecule has 1 saturated heterocycles. The number of rotatable bonds is 16. The molecule has 212 valence electrons. The molecule has 0 radical (unpaired) electrons. The van der Waals surface area contributed by atoms with Gasteiger partial charge in [-0.25, -0.2) is 0 Å². The molecule has 0 bridgehead atoms. The number of carbonyl (C=O) groups excluding carboxylic acids is 5. The lowest BCUT2D eigenvalue weighted by molar-refractivity contribution is -0.286. The van der Waals surface area contributed by atoms with Crippen molar-refractivity contribution in [2.24, 2.45) is 0 Å². The number of esters is 4. The smallest absolute Gasteiger partial charge is 0.303 e. The maximum Gasteiger partial charge on any atom is 0.303 e. The maximum absolute atomic E-state index is 12.2. The molecule has 1 aliphatic heterocycles. The molecule has 0 spiro atoms. The lowest BCUT2D eigenvalue weighted by Gasteiger charge is -2.43. The summed E-state index contributed by atoms with van der Waals surface area (Å²) in [5, 5.41) is 2.81. The summed E-state index contributed by atoms with van der Waals surface area (Å²) in [6.07, 6.45) is 0.227. The van der Waals surface area contributed by atoms with Gasteiger partial charge in [0.05, 0.1) is 5.75 Å². The summed E-state index contributed by atoms with van der Waals surface area (Å²) < 4.78 is 32.4. The van der Waals surface area contributed by atoms with Crippen LogP contribution in [0.5, 0.6) is 0 Å². The Kier molecular flexibility index (Phi) is 15.9. The average molecular weight is 550 g/mol. The Labute approximate surface area is 221 Å². The first-order chi connectivity index (χ1) is 17.5. The van der Waals surface area contributed by atoms with Crippen LogP contribution >= 0.6 is 12.0 Å². The summed E-state index contributed by atoms with van der Waals surface area (Å²) in [4.78, 5) is 58.9. The number of nitrogens with one attached hydrogen (secondary N) is 1. The molecule has 12 nitrogen and oxygen atoms in total. The molecule has 1 N–H and O–H groups in total. The molecule has 1 amide bonds.